The Kier molecular flexibility index (Phi) is 4.05. The summed E-state index contributed by atoms with van der Waals surface area (Å²) < 4.78 is 0. The largest absolute Gasteiger partial charge is 0.359 e. The summed E-state index contributed by atoms with van der Waals surface area (Å²) in [7, 11) is 1.74. The highest BCUT2D eigenvalue weighted by molar-refractivity contribution is 5.82. The highest BCUT2D eigenvalue weighted by Crippen LogP contribution is 2.31. The van der Waals surface area contributed by atoms with Crippen molar-refractivity contribution in [2.75, 3.05) is 39.8 Å². The Morgan fingerprint density at radius 3 is 2.82 bits per heavy atom. The predicted molar refractivity (Wildman–Crippen MR) is 68.8 cm³/mol. The number of rotatable bonds is 3. The maximum absolute atomic E-state index is 11.8. The fourth-order valence-electron chi connectivity index (χ4n) is 3.13. The summed E-state index contributed by atoms with van der Waals surface area (Å²) in [6.45, 7) is 7.59. The normalized spacial score (nSPS) is 31.6. The van der Waals surface area contributed by atoms with Crippen LogP contribution in [0.5, 0.6) is 0 Å². The van der Waals surface area contributed by atoms with Crippen LogP contribution in [0.25, 0.3) is 0 Å². The molecule has 17 heavy (non-hydrogen) atoms. The minimum atomic E-state index is -0.165. The highest BCUT2D eigenvalue weighted by atomic mass is 16.2. The van der Waals surface area contributed by atoms with Gasteiger partial charge in [0.05, 0.1) is 5.41 Å². The molecule has 0 bridgehead atoms. The van der Waals surface area contributed by atoms with Gasteiger partial charge in [-0.05, 0) is 51.7 Å². The van der Waals surface area contributed by atoms with E-state index in [1.807, 2.05) is 0 Å². The van der Waals surface area contributed by atoms with Gasteiger partial charge in [-0.1, -0.05) is 0 Å². The summed E-state index contributed by atoms with van der Waals surface area (Å²) in [5.41, 5.74) is -0.165. The van der Waals surface area contributed by atoms with Crippen LogP contribution in [0.1, 0.15) is 26.2 Å². The second-order valence-electron chi connectivity index (χ2n) is 5.82. The van der Waals surface area contributed by atoms with Gasteiger partial charge in [0.2, 0.25) is 5.91 Å². The average Bonchev–Trinajstić information content (AvgIpc) is 2.72. The van der Waals surface area contributed by atoms with E-state index >= 15 is 0 Å². The van der Waals surface area contributed by atoms with E-state index in [1.165, 1.54) is 19.4 Å². The molecule has 2 saturated heterocycles. The number of carbonyl (C=O) groups is 1. The number of piperidine rings is 1. The van der Waals surface area contributed by atoms with E-state index in [9.17, 15) is 4.79 Å². The monoisotopic (exact) mass is 239 g/mol. The van der Waals surface area contributed by atoms with Crippen LogP contribution in [0.3, 0.4) is 0 Å². The van der Waals surface area contributed by atoms with E-state index in [0.29, 0.717) is 0 Å². The van der Waals surface area contributed by atoms with Gasteiger partial charge >= 0.3 is 0 Å². The molecule has 4 nitrogen and oxygen atoms in total. The van der Waals surface area contributed by atoms with Crippen LogP contribution in [0.15, 0.2) is 0 Å². The summed E-state index contributed by atoms with van der Waals surface area (Å²) >= 11 is 0. The number of hydrogen-bond donors (Lipinski definition) is 2. The van der Waals surface area contributed by atoms with Gasteiger partial charge in [-0.2, -0.15) is 0 Å². The lowest BCUT2D eigenvalue weighted by Gasteiger charge is -2.28. The van der Waals surface area contributed by atoms with Crippen molar-refractivity contribution < 1.29 is 4.79 Å². The standard InChI is InChI=1S/C13H25N3O/c1-13(12(17)14-2)5-8-16(10-13)9-11-3-6-15-7-4-11/h11,15H,3-10H2,1-2H3,(H,14,17). The van der Waals surface area contributed by atoms with Crippen molar-refractivity contribution in [3.63, 3.8) is 0 Å². The van der Waals surface area contributed by atoms with Crippen LogP contribution in [0.2, 0.25) is 0 Å². The van der Waals surface area contributed by atoms with Gasteiger partial charge in [-0.15, -0.1) is 0 Å². The van der Waals surface area contributed by atoms with E-state index < -0.39 is 0 Å². The van der Waals surface area contributed by atoms with Gasteiger partial charge < -0.3 is 15.5 Å². The molecule has 0 saturated carbocycles. The zero-order valence-corrected chi connectivity index (χ0v) is 11.1. The zero-order valence-electron chi connectivity index (χ0n) is 11.1. The fraction of sp³-hybridized carbons (Fsp3) is 0.923. The number of carbonyl (C=O) groups excluding carboxylic acids is 1. The first-order chi connectivity index (χ1) is 8.14. The van der Waals surface area contributed by atoms with Crippen LogP contribution >= 0.6 is 0 Å². The molecule has 2 aliphatic rings. The SMILES string of the molecule is CNC(=O)C1(C)CCN(CC2CCNCC2)C1. The first-order valence-corrected chi connectivity index (χ1v) is 6.79. The molecule has 0 aromatic heterocycles. The molecule has 1 atom stereocenters. The van der Waals surface area contributed by atoms with Crippen LogP contribution < -0.4 is 10.6 Å². The maximum atomic E-state index is 11.8. The van der Waals surface area contributed by atoms with Crippen molar-refractivity contribution in [2.24, 2.45) is 11.3 Å². The van der Waals surface area contributed by atoms with Crippen molar-refractivity contribution in [1.82, 2.24) is 15.5 Å². The minimum Gasteiger partial charge on any atom is -0.359 e. The van der Waals surface area contributed by atoms with Gasteiger partial charge in [0, 0.05) is 20.1 Å². The molecule has 0 aliphatic carbocycles. The molecule has 2 aliphatic heterocycles. The van der Waals surface area contributed by atoms with Crippen LogP contribution in [-0.2, 0) is 4.79 Å². The Morgan fingerprint density at radius 1 is 1.47 bits per heavy atom. The quantitative estimate of drug-likeness (QED) is 0.751. The van der Waals surface area contributed by atoms with E-state index in [0.717, 1.165) is 38.5 Å². The Hall–Kier alpha value is -0.610. The molecule has 0 radical (unpaired) electrons. The third-order valence-corrected chi connectivity index (χ3v) is 4.30. The van der Waals surface area contributed by atoms with Crippen molar-refractivity contribution in [3.8, 4) is 0 Å². The summed E-state index contributed by atoms with van der Waals surface area (Å²) in [6.07, 6.45) is 3.57. The summed E-state index contributed by atoms with van der Waals surface area (Å²) in [6, 6.07) is 0. The lowest BCUT2D eigenvalue weighted by molar-refractivity contribution is -0.129. The average molecular weight is 239 g/mol. The molecule has 2 N–H and O–H groups in total. The minimum absolute atomic E-state index is 0.165. The van der Waals surface area contributed by atoms with Crippen molar-refractivity contribution >= 4 is 5.91 Å². The van der Waals surface area contributed by atoms with Crippen molar-refractivity contribution in [2.45, 2.75) is 26.2 Å². The molecule has 2 rings (SSSR count). The Balaban J connectivity index is 1.82. The molecule has 0 spiro atoms. The first kappa shape index (κ1) is 12.8. The molecule has 4 heteroatoms. The first-order valence-electron chi connectivity index (χ1n) is 6.79. The second-order valence-corrected chi connectivity index (χ2v) is 5.82. The molecular weight excluding hydrogens is 214 g/mol. The van der Waals surface area contributed by atoms with Crippen LogP contribution in [-0.4, -0.2) is 50.6 Å². The topological polar surface area (TPSA) is 44.4 Å². The summed E-state index contributed by atoms with van der Waals surface area (Å²) in [4.78, 5) is 14.3. The Labute approximate surface area is 104 Å². The number of amides is 1. The van der Waals surface area contributed by atoms with Crippen LogP contribution in [0.4, 0.5) is 0 Å². The highest BCUT2D eigenvalue weighted by Gasteiger charge is 2.40. The van der Waals surface area contributed by atoms with E-state index in [2.05, 4.69) is 22.5 Å². The van der Waals surface area contributed by atoms with Gasteiger partial charge in [0.1, 0.15) is 0 Å². The van der Waals surface area contributed by atoms with Crippen LogP contribution in [0, 0.1) is 11.3 Å². The smallest absolute Gasteiger partial charge is 0.227 e. The van der Waals surface area contributed by atoms with Crippen molar-refractivity contribution in [3.05, 3.63) is 0 Å². The molecule has 2 fully saturated rings. The lowest BCUT2D eigenvalue weighted by atomic mass is 9.89. The second kappa shape index (κ2) is 5.36. The van der Waals surface area contributed by atoms with E-state index in [1.54, 1.807) is 7.05 Å². The molecule has 2 heterocycles. The molecule has 1 amide bonds. The molecule has 1 unspecified atom stereocenters. The van der Waals surface area contributed by atoms with Gasteiger partial charge in [0.25, 0.3) is 0 Å². The Bertz CT molecular complexity index is 276. The van der Waals surface area contributed by atoms with E-state index in [-0.39, 0.29) is 11.3 Å². The third kappa shape index (κ3) is 2.99. The number of nitrogens with zero attached hydrogens (tertiary/aromatic N) is 1. The number of nitrogens with one attached hydrogen (secondary N) is 2. The van der Waals surface area contributed by atoms with E-state index in [4.69, 9.17) is 0 Å². The van der Waals surface area contributed by atoms with Gasteiger partial charge in [-0.25, -0.2) is 0 Å². The molecule has 0 aromatic carbocycles. The summed E-state index contributed by atoms with van der Waals surface area (Å²) in [5.74, 6) is 1.02. The van der Waals surface area contributed by atoms with Crippen molar-refractivity contribution in [1.29, 1.82) is 0 Å². The van der Waals surface area contributed by atoms with Gasteiger partial charge in [-0.3, -0.25) is 4.79 Å². The zero-order chi connectivity index (χ0) is 12.3. The molecular formula is C13H25N3O. The number of hydrogen-bond acceptors (Lipinski definition) is 3. The third-order valence-electron chi connectivity index (χ3n) is 4.30. The fourth-order valence-corrected chi connectivity index (χ4v) is 3.13. The number of likely N-dealkylation sites (tertiary alicyclic amines) is 1. The summed E-state index contributed by atoms with van der Waals surface area (Å²) in [5, 5.41) is 6.20. The molecule has 98 valence electrons. The Morgan fingerprint density at radius 2 is 2.18 bits per heavy atom. The molecule has 0 aromatic rings. The maximum Gasteiger partial charge on any atom is 0.227 e. The lowest BCUT2D eigenvalue weighted by Crippen LogP contribution is -2.40. The van der Waals surface area contributed by atoms with Gasteiger partial charge in [0.15, 0.2) is 0 Å². The predicted octanol–water partition coefficient (Wildman–Crippen LogP) is 0.444.